The van der Waals surface area contributed by atoms with Gasteiger partial charge < -0.3 is 19.7 Å². The molecule has 0 spiro atoms. The van der Waals surface area contributed by atoms with Gasteiger partial charge in [-0.1, -0.05) is 69.6 Å². The molecule has 0 radical (unpaired) electrons. The molecule has 1 aromatic heterocycles. The number of nitrogens with zero attached hydrogens (tertiary/aromatic N) is 1. The average Bonchev–Trinajstić information content (AvgIpc) is 2.92. The summed E-state index contributed by atoms with van der Waals surface area (Å²) in [6.45, 7) is -0.252. The molecule has 3 N–H and O–H groups in total. The van der Waals surface area contributed by atoms with Gasteiger partial charge in [0.05, 0.1) is 6.10 Å². The lowest BCUT2D eigenvalue weighted by molar-refractivity contribution is -0.147. The molecule has 0 bridgehead atoms. The number of aliphatic hydroxyl groups is 1. The lowest BCUT2D eigenvalue weighted by atomic mass is 10.2. The maximum atomic E-state index is 11.7. The van der Waals surface area contributed by atoms with Crippen molar-refractivity contribution >= 4 is 81.5 Å². The highest BCUT2D eigenvalue weighted by molar-refractivity contribution is 6.76. The van der Waals surface area contributed by atoms with Crippen LogP contribution >= 0.6 is 69.6 Å². The van der Waals surface area contributed by atoms with Gasteiger partial charge in [0, 0.05) is 18.7 Å². The second-order valence-corrected chi connectivity index (χ2v) is 9.93. The Bertz CT molecular complexity index is 845. The first-order valence-corrected chi connectivity index (χ1v) is 9.58. The molecular formula is C13H12Cl6N2O8. The summed E-state index contributed by atoms with van der Waals surface area (Å²) in [5.41, 5.74) is -1.29. The molecule has 1 fully saturated rings. The van der Waals surface area contributed by atoms with E-state index in [0.717, 1.165) is 10.6 Å². The maximum Gasteiger partial charge on any atom is 0.358 e. The number of aromatic nitrogens is 2. The third-order valence-electron chi connectivity index (χ3n) is 3.17. The van der Waals surface area contributed by atoms with E-state index in [9.17, 15) is 24.3 Å². The number of aromatic amines is 1. The number of carboxylic acids is 1. The summed E-state index contributed by atoms with van der Waals surface area (Å²) in [5, 5.41) is 17.8. The van der Waals surface area contributed by atoms with Crippen LogP contribution in [0.4, 0.5) is 0 Å². The number of esters is 1. The second-order valence-electron chi connectivity index (χ2n) is 5.37. The highest BCUT2D eigenvalue weighted by atomic mass is 35.6. The van der Waals surface area contributed by atoms with Crippen molar-refractivity contribution in [3.8, 4) is 0 Å². The molecule has 16 heteroatoms. The van der Waals surface area contributed by atoms with E-state index >= 15 is 0 Å². The molecule has 1 aliphatic rings. The number of rotatable bonds is 3. The van der Waals surface area contributed by atoms with E-state index < -0.39 is 49.2 Å². The first kappa shape index (κ1) is 26.3. The molecule has 2 rings (SSSR count). The van der Waals surface area contributed by atoms with Gasteiger partial charge in [-0.15, -0.1) is 0 Å². The van der Waals surface area contributed by atoms with E-state index in [1.165, 1.54) is 6.20 Å². The molecule has 164 valence electrons. The summed E-state index contributed by atoms with van der Waals surface area (Å²) in [4.78, 5) is 45.6. The number of ether oxygens (including phenoxy) is 2. The average molecular weight is 537 g/mol. The number of halogens is 6. The van der Waals surface area contributed by atoms with Gasteiger partial charge in [-0.05, 0) is 0 Å². The lowest BCUT2D eigenvalue weighted by Gasteiger charge is -2.17. The van der Waals surface area contributed by atoms with E-state index in [2.05, 4.69) is 0 Å². The third kappa shape index (κ3) is 8.50. The highest BCUT2D eigenvalue weighted by Crippen LogP contribution is 2.30. The van der Waals surface area contributed by atoms with Crippen molar-refractivity contribution in [2.75, 3.05) is 6.61 Å². The fraction of sp³-hybridized carbons (Fsp3) is 0.538. The molecule has 10 nitrogen and oxygen atoms in total. The van der Waals surface area contributed by atoms with Crippen LogP contribution in [0.2, 0.25) is 0 Å². The van der Waals surface area contributed by atoms with Crippen LogP contribution in [0.25, 0.3) is 0 Å². The normalized spacial score (nSPS) is 21.8. The van der Waals surface area contributed by atoms with Crippen LogP contribution in [0.5, 0.6) is 0 Å². The molecule has 0 amide bonds. The number of aliphatic hydroxyl groups excluding tert-OH is 1. The van der Waals surface area contributed by atoms with Crippen molar-refractivity contribution in [3.05, 3.63) is 33.1 Å². The molecule has 29 heavy (non-hydrogen) atoms. The molecule has 1 aromatic rings. The van der Waals surface area contributed by atoms with Crippen LogP contribution in [0, 0.1) is 0 Å². The Morgan fingerprint density at radius 1 is 1.21 bits per heavy atom. The summed E-state index contributed by atoms with van der Waals surface area (Å²) in [5.74, 6) is -2.53. The lowest BCUT2D eigenvalue weighted by Crippen LogP contribution is -2.35. The zero-order valence-electron chi connectivity index (χ0n) is 13.9. The Labute approximate surface area is 192 Å². The number of carbonyl (C=O) groups excluding carboxylic acids is 1. The van der Waals surface area contributed by atoms with Gasteiger partial charge in [0.1, 0.15) is 12.7 Å². The van der Waals surface area contributed by atoms with Crippen molar-refractivity contribution in [1.82, 2.24) is 9.55 Å². The summed E-state index contributed by atoms with van der Waals surface area (Å²) in [7, 11) is 0. The van der Waals surface area contributed by atoms with Gasteiger partial charge in [-0.2, -0.15) is 0 Å². The summed E-state index contributed by atoms with van der Waals surface area (Å²) >= 11 is 30.4. The van der Waals surface area contributed by atoms with Crippen molar-refractivity contribution < 1.29 is 29.3 Å². The minimum Gasteiger partial charge on any atom is -0.478 e. The van der Waals surface area contributed by atoms with Crippen molar-refractivity contribution in [2.45, 2.75) is 32.4 Å². The van der Waals surface area contributed by atoms with E-state index in [-0.39, 0.29) is 13.0 Å². The van der Waals surface area contributed by atoms with Gasteiger partial charge in [0.2, 0.25) is 0 Å². The van der Waals surface area contributed by atoms with Gasteiger partial charge in [0.25, 0.3) is 13.1 Å². The number of carbonyl (C=O) groups is 2. The molecule has 1 saturated heterocycles. The first-order chi connectivity index (χ1) is 13.1. The molecule has 3 atom stereocenters. The predicted molar refractivity (Wildman–Crippen MR) is 105 cm³/mol. The maximum absolute atomic E-state index is 11.7. The standard InChI is InChI=1S/C11H11Cl3N2O6.C2HCl3O2/c12-11(13,14)9(19)21-4-5-3-6(17)8(22-5)16-2-1-7(18)15-10(16)20;3-2(4,5)1(6)7/h1-2,5-6,8,17H,3-4H2,(H,15,18,20);(H,6,7)/t5-,6-,8+;/m0./s1. The van der Waals surface area contributed by atoms with Gasteiger partial charge >= 0.3 is 17.6 Å². The predicted octanol–water partition coefficient (Wildman–Crippen LogP) is 1.54. The number of H-pyrrole nitrogens is 1. The Morgan fingerprint density at radius 2 is 1.76 bits per heavy atom. The van der Waals surface area contributed by atoms with Crippen LogP contribution < -0.4 is 11.2 Å². The monoisotopic (exact) mass is 534 g/mol. The first-order valence-electron chi connectivity index (χ1n) is 7.32. The van der Waals surface area contributed by atoms with Gasteiger partial charge in [-0.3, -0.25) is 14.3 Å². The van der Waals surface area contributed by atoms with Crippen LogP contribution in [0.1, 0.15) is 12.6 Å². The number of alkyl halides is 6. The Hall–Kier alpha value is -0.720. The topological polar surface area (TPSA) is 148 Å². The van der Waals surface area contributed by atoms with Crippen LogP contribution in [0.3, 0.4) is 0 Å². The number of nitrogens with one attached hydrogen (secondary N) is 1. The van der Waals surface area contributed by atoms with Crippen molar-refractivity contribution in [1.29, 1.82) is 0 Å². The molecule has 2 heterocycles. The number of aliphatic carboxylic acids is 1. The number of hydrogen-bond acceptors (Lipinski definition) is 7. The molecule has 0 unspecified atom stereocenters. The molecule has 1 aliphatic heterocycles. The van der Waals surface area contributed by atoms with Crippen LogP contribution in [-0.2, 0) is 19.1 Å². The van der Waals surface area contributed by atoms with E-state index in [4.69, 9.17) is 84.2 Å². The zero-order chi connectivity index (χ0) is 22.6. The molecular weight excluding hydrogens is 525 g/mol. The molecule has 0 aromatic carbocycles. The fourth-order valence-electron chi connectivity index (χ4n) is 1.97. The minimum atomic E-state index is -2.20. The Balaban J connectivity index is 0.000000516. The number of hydrogen-bond donors (Lipinski definition) is 3. The Kier molecular flexibility index (Phi) is 9.56. The van der Waals surface area contributed by atoms with Crippen molar-refractivity contribution in [2.24, 2.45) is 0 Å². The van der Waals surface area contributed by atoms with E-state index in [0.29, 0.717) is 0 Å². The van der Waals surface area contributed by atoms with Gasteiger partial charge in [0.15, 0.2) is 6.23 Å². The van der Waals surface area contributed by atoms with E-state index in [1.54, 1.807) is 0 Å². The third-order valence-corrected chi connectivity index (χ3v) is 4.11. The second kappa shape index (κ2) is 10.5. The fourth-order valence-corrected chi connectivity index (χ4v) is 2.13. The number of carboxylic acid groups (broad SMARTS) is 1. The summed E-state index contributed by atoms with van der Waals surface area (Å²) in [6, 6.07) is 1.12. The summed E-state index contributed by atoms with van der Waals surface area (Å²) < 4.78 is 6.85. The largest absolute Gasteiger partial charge is 0.478 e. The van der Waals surface area contributed by atoms with Crippen LogP contribution in [-0.4, -0.2) is 58.1 Å². The molecule has 0 aliphatic carbocycles. The Morgan fingerprint density at radius 3 is 2.21 bits per heavy atom. The van der Waals surface area contributed by atoms with Crippen molar-refractivity contribution in [3.63, 3.8) is 0 Å². The smallest absolute Gasteiger partial charge is 0.358 e. The highest BCUT2D eigenvalue weighted by Gasteiger charge is 2.38. The van der Waals surface area contributed by atoms with Crippen LogP contribution in [0.15, 0.2) is 21.9 Å². The summed E-state index contributed by atoms with van der Waals surface area (Å²) in [6.07, 6.45) is -1.43. The zero-order valence-corrected chi connectivity index (χ0v) is 18.4. The SMILES string of the molecule is O=C(O)C(Cl)(Cl)Cl.O=C(OC[C@@H]1C[C@H](O)[C@H](n2ccc(=O)[nH]c2=O)O1)C(Cl)(Cl)Cl. The molecule has 0 saturated carbocycles. The van der Waals surface area contributed by atoms with E-state index in [1.807, 2.05) is 4.98 Å². The quantitative estimate of drug-likeness (QED) is 0.389. The van der Waals surface area contributed by atoms with Gasteiger partial charge in [-0.25, -0.2) is 14.4 Å². The minimum absolute atomic E-state index is 0.101.